The summed E-state index contributed by atoms with van der Waals surface area (Å²) in [7, 11) is 0. The fourth-order valence-electron chi connectivity index (χ4n) is 1.70. The van der Waals surface area contributed by atoms with Crippen molar-refractivity contribution in [2.24, 2.45) is 0 Å². The second-order valence-corrected chi connectivity index (χ2v) is 4.10. The zero-order chi connectivity index (χ0) is 15.2. The summed E-state index contributed by atoms with van der Waals surface area (Å²) < 4.78 is 15.9. The first kappa shape index (κ1) is 14.6. The highest BCUT2D eigenvalue weighted by Gasteiger charge is 2.09. The maximum absolute atomic E-state index is 10.7. The summed E-state index contributed by atoms with van der Waals surface area (Å²) in [6, 6.07) is 7.57. The molecule has 1 heterocycles. The molecule has 0 spiro atoms. The molecule has 0 aliphatic carbocycles. The number of hydrogen-bond donors (Lipinski definition) is 0. The van der Waals surface area contributed by atoms with E-state index >= 15 is 0 Å². The van der Waals surface area contributed by atoms with Crippen LogP contribution in [0.1, 0.15) is 33.6 Å². The summed E-state index contributed by atoms with van der Waals surface area (Å²) in [6.07, 6.45) is 0.713. The van der Waals surface area contributed by atoms with Crippen molar-refractivity contribution in [3.63, 3.8) is 0 Å². The lowest BCUT2D eigenvalue weighted by Gasteiger charge is -2.11. The van der Waals surface area contributed by atoms with Gasteiger partial charge in [-0.2, -0.15) is 0 Å². The fraction of sp³-hybridized carbons (Fsp3) is 0.200. The average molecular weight is 289 g/mol. The van der Waals surface area contributed by atoms with E-state index in [0.717, 1.165) is 0 Å². The van der Waals surface area contributed by atoms with Crippen LogP contribution in [-0.4, -0.2) is 18.9 Å². The number of aromatic carboxylic acids is 1. The molecule has 0 unspecified atom stereocenters. The minimum atomic E-state index is -1.38. The predicted octanol–water partition coefficient (Wildman–Crippen LogP) is 1.43. The average Bonchev–Trinajstić information content (AvgIpc) is 2.95. The van der Waals surface area contributed by atoms with Crippen LogP contribution in [0.2, 0.25) is 0 Å². The highest BCUT2D eigenvalue weighted by Crippen LogP contribution is 2.29. The highest BCUT2D eigenvalue weighted by atomic mass is 16.5. The summed E-state index contributed by atoms with van der Waals surface area (Å²) in [6.45, 7) is 2.28. The molecule has 0 aliphatic rings. The summed E-state index contributed by atoms with van der Waals surface area (Å²) in [4.78, 5) is 21.3. The normalized spacial score (nSPS) is 10.1. The standard InChI is InChI=1S/C15H14O6/c1-2-19-14-7-10(8-16)3-5-12(14)20-9-11-4-6-13(21-11)15(17)18/h3-8H,2,9H2,1H3,(H,17,18)/p-1. The van der Waals surface area contributed by atoms with Gasteiger partial charge in [0.15, 0.2) is 11.5 Å². The van der Waals surface area contributed by atoms with Gasteiger partial charge in [0.2, 0.25) is 0 Å². The SMILES string of the molecule is CCOc1cc(C=O)ccc1OCc1ccc(C(=O)[O-])o1. The van der Waals surface area contributed by atoms with E-state index < -0.39 is 5.97 Å². The zero-order valence-electron chi connectivity index (χ0n) is 11.3. The second kappa shape index (κ2) is 6.60. The molecule has 0 saturated heterocycles. The van der Waals surface area contributed by atoms with Gasteiger partial charge in [-0.05, 0) is 37.3 Å². The van der Waals surface area contributed by atoms with Gasteiger partial charge in [0, 0.05) is 5.56 Å². The maximum atomic E-state index is 10.7. The van der Waals surface area contributed by atoms with Crippen LogP contribution < -0.4 is 14.6 Å². The second-order valence-electron chi connectivity index (χ2n) is 4.10. The van der Waals surface area contributed by atoms with Crippen LogP contribution in [0.3, 0.4) is 0 Å². The zero-order valence-corrected chi connectivity index (χ0v) is 11.3. The highest BCUT2D eigenvalue weighted by molar-refractivity contribution is 5.82. The number of hydrogen-bond acceptors (Lipinski definition) is 6. The molecule has 110 valence electrons. The number of carboxylic acids is 1. The number of ether oxygens (including phenoxy) is 2. The molecule has 21 heavy (non-hydrogen) atoms. The molecule has 6 nitrogen and oxygen atoms in total. The number of aldehydes is 1. The predicted molar refractivity (Wildman–Crippen MR) is 70.4 cm³/mol. The van der Waals surface area contributed by atoms with Gasteiger partial charge >= 0.3 is 0 Å². The Morgan fingerprint density at radius 2 is 2.05 bits per heavy atom. The molecule has 1 aromatic carbocycles. The van der Waals surface area contributed by atoms with Crippen LogP contribution in [0.25, 0.3) is 0 Å². The third-order valence-corrected chi connectivity index (χ3v) is 2.64. The number of carbonyl (C=O) groups is 2. The van der Waals surface area contributed by atoms with E-state index in [2.05, 4.69) is 0 Å². The Balaban J connectivity index is 2.11. The van der Waals surface area contributed by atoms with Crippen molar-refractivity contribution < 1.29 is 28.6 Å². The number of carbonyl (C=O) groups excluding carboxylic acids is 2. The van der Waals surface area contributed by atoms with Crippen molar-refractivity contribution in [2.75, 3.05) is 6.61 Å². The topological polar surface area (TPSA) is 88.8 Å². The van der Waals surface area contributed by atoms with Gasteiger partial charge in [-0.1, -0.05) is 0 Å². The van der Waals surface area contributed by atoms with Gasteiger partial charge in [-0.15, -0.1) is 0 Å². The Hall–Kier alpha value is -2.76. The molecular weight excluding hydrogens is 276 g/mol. The molecule has 0 bridgehead atoms. The quantitative estimate of drug-likeness (QED) is 0.716. The third-order valence-electron chi connectivity index (χ3n) is 2.64. The Labute approximate surface area is 120 Å². The van der Waals surface area contributed by atoms with Crippen LogP contribution in [0.5, 0.6) is 11.5 Å². The molecule has 6 heteroatoms. The molecule has 2 aromatic rings. The van der Waals surface area contributed by atoms with E-state index in [4.69, 9.17) is 13.9 Å². The van der Waals surface area contributed by atoms with Gasteiger partial charge < -0.3 is 23.8 Å². The van der Waals surface area contributed by atoms with E-state index in [9.17, 15) is 14.7 Å². The molecule has 0 N–H and O–H groups in total. The minimum absolute atomic E-state index is 0.0355. The number of carboxylic acid groups (broad SMARTS) is 1. The molecule has 0 aliphatic heterocycles. The van der Waals surface area contributed by atoms with E-state index in [1.54, 1.807) is 18.2 Å². The van der Waals surface area contributed by atoms with Gasteiger partial charge in [-0.25, -0.2) is 0 Å². The van der Waals surface area contributed by atoms with Crippen molar-refractivity contribution >= 4 is 12.3 Å². The number of rotatable bonds is 7. The van der Waals surface area contributed by atoms with Crippen molar-refractivity contribution in [3.05, 3.63) is 47.4 Å². The van der Waals surface area contributed by atoms with E-state index in [0.29, 0.717) is 35.7 Å². The van der Waals surface area contributed by atoms with Crippen LogP contribution in [0.4, 0.5) is 0 Å². The summed E-state index contributed by atoms with van der Waals surface area (Å²) in [5.41, 5.74) is 0.475. The number of furan rings is 1. The van der Waals surface area contributed by atoms with Crippen molar-refractivity contribution in [1.82, 2.24) is 0 Å². The molecule has 2 rings (SSSR count). The monoisotopic (exact) mass is 289 g/mol. The van der Waals surface area contributed by atoms with Crippen LogP contribution in [0.15, 0.2) is 34.7 Å². The third kappa shape index (κ3) is 3.62. The summed E-state index contributed by atoms with van der Waals surface area (Å²) >= 11 is 0. The van der Waals surface area contributed by atoms with E-state index in [1.165, 1.54) is 12.1 Å². The summed E-state index contributed by atoms with van der Waals surface area (Å²) in [5.74, 6) is -0.416. The molecule has 0 amide bonds. The largest absolute Gasteiger partial charge is 0.542 e. The van der Waals surface area contributed by atoms with E-state index in [1.807, 2.05) is 6.92 Å². The van der Waals surface area contributed by atoms with E-state index in [-0.39, 0.29) is 12.4 Å². The minimum Gasteiger partial charge on any atom is -0.542 e. The Morgan fingerprint density at radius 1 is 1.24 bits per heavy atom. The molecular formula is C15H13O6-. The van der Waals surface area contributed by atoms with Gasteiger partial charge in [0.05, 0.1) is 6.61 Å². The Bertz CT molecular complexity index is 643. The van der Waals surface area contributed by atoms with Gasteiger partial charge in [0.25, 0.3) is 0 Å². The van der Waals surface area contributed by atoms with Crippen molar-refractivity contribution in [2.45, 2.75) is 13.5 Å². The first-order chi connectivity index (χ1) is 10.1. The molecule has 0 saturated carbocycles. The van der Waals surface area contributed by atoms with Crippen LogP contribution in [-0.2, 0) is 6.61 Å². The first-order valence-electron chi connectivity index (χ1n) is 6.29. The smallest absolute Gasteiger partial charge is 0.161 e. The lowest BCUT2D eigenvalue weighted by atomic mass is 10.2. The number of benzene rings is 1. The molecule has 0 radical (unpaired) electrons. The first-order valence-corrected chi connectivity index (χ1v) is 6.29. The Morgan fingerprint density at radius 3 is 2.67 bits per heavy atom. The van der Waals surface area contributed by atoms with Crippen LogP contribution >= 0.6 is 0 Å². The van der Waals surface area contributed by atoms with Crippen molar-refractivity contribution in [1.29, 1.82) is 0 Å². The Kier molecular flexibility index (Phi) is 4.61. The lowest BCUT2D eigenvalue weighted by molar-refractivity contribution is -0.257. The lowest BCUT2D eigenvalue weighted by Crippen LogP contribution is -2.21. The van der Waals surface area contributed by atoms with Gasteiger partial charge in [0.1, 0.15) is 30.4 Å². The van der Waals surface area contributed by atoms with Crippen molar-refractivity contribution in [3.8, 4) is 11.5 Å². The molecule has 0 atom stereocenters. The maximum Gasteiger partial charge on any atom is 0.161 e. The van der Waals surface area contributed by atoms with Crippen LogP contribution in [0, 0.1) is 0 Å². The fourth-order valence-corrected chi connectivity index (χ4v) is 1.70. The summed E-state index contributed by atoms with van der Waals surface area (Å²) in [5, 5.41) is 10.6. The van der Waals surface area contributed by atoms with Gasteiger partial charge in [-0.3, -0.25) is 4.79 Å². The molecule has 1 aromatic heterocycles. The molecule has 0 fully saturated rings.